The highest BCUT2D eigenvalue weighted by molar-refractivity contribution is 5.24. The lowest BCUT2D eigenvalue weighted by Crippen LogP contribution is -2.38. The Kier molecular flexibility index (Phi) is 1.68. The molecule has 2 rings (SSSR count). The van der Waals surface area contributed by atoms with Crippen molar-refractivity contribution < 1.29 is 0 Å². The van der Waals surface area contributed by atoms with E-state index < -0.39 is 0 Å². The van der Waals surface area contributed by atoms with Gasteiger partial charge in [0.05, 0.1) is 6.20 Å². The molecule has 1 saturated carbocycles. The number of nitrogens with zero attached hydrogens (tertiary/aromatic N) is 2. The van der Waals surface area contributed by atoms with E-state index in [4.69, 9.17) is 5.73 Å². The largest absolute Gasteiger partial charge is 0.327 e. The maximum atomic E-state index is 5.91. The Morgan fingerprint density at radius 1 is 1.58 bits per heavy atom. The van der Waals surface area contributed by atoms with Gasteiger partial charge in [0.25, 0.3) is 0 Å². The first-order valence-electron chi connectivity index (χ1n) is 4.44. The fourth-order valence-electron chi connectivity index (χ4n) is 1.95. The van der Waals surface area contributed by atoms with Crippen LogP contribution in [0.2, 0.25) is 0 Å². The van der Waals surface area contributed by atoms with Crippen LogP contribution in [0.3, 0.4) is 0 Å². The van der Waals surface area contributed by atoms with E-state index in [1.54, 1.807) is 0 Å². The fraction of sp³-hybridized carbons (Fsp3) is 0.667. The van der Waals surface area contributed by atoms with Gasteiger partial charge in [-0.3, -0.25) is 4.68 Å². The van der Waals surface area contributed by atoms with Crippen molar-refractivity contribution in [2.24, 2.45) is 12.8 Å². The van der Waals surface area contributed by atoms with Crippen molar-refractivity contribution in [3.63, 3.8) is 0 Å². The molecule has 1 aromatic rings. The van der Waals surface area contributed by atoms with Crippen molar-refractivity contribution in [1.82, 2.24) is 9.78 Å². The second kappa shape index (κ2) is 2.59. The van der Waals surface area contributed by atoms with Gasteiger partial charge in [0.1, 0.15) is 0 Å². The van der Waals surface area contributed by atoms with Crippen LogP contribution < -0.4 is 5.73 Å². The summed E-state index contributed by atoms with van der Waals surface area (Å²) in [6, 6.07) is 0.360. The Morgan fingerprint density at radius 3 is 2.67 bits per heavy atom. The summed E-state index contributed by atoms with van der Waals surface area (Å²) < 4.78 is 1.96. The van der Waals surface area contributed by atoms with E-state index >= 15 is 0 Å². The van der Waals surface area contributed by atoms with E-state index in [1.165, 1.54) is 17.7 Å². The van der Waals surface area contributed by atoms with Crippen LogP contribution in [-0.2, 0) is 7.05 Å². The first-order chi connectivity index (χ1) is 5.70. The predicted molar refractivity (Wildman–Crippen MR) is 47.9 cm³/mol. The lowest BCUT2D eigenvalue weighted by molar-refractivity contribution is 0.329. The average Bonchev–Trinajstić information content (AvgIpc) is 2.33. The molecular formula is C9H15N3. The molecule has 1 heterocycles. The standard InChI is InChI=1S/C9H15N3/c1-6-5-11-12(2)9(6)7-3-4-8(7)10/h5,7-8H,3-4,10H2,1-2H3. The molecule has 3 heteroatoms. The molecule has 0 radical (unpaired) electrons. The summed E-state index contributed by atoms with van der Waals surface area (Å²) in [5.74, 6) is 0.553. The van der Waals surface area contributed by atoms with Crippen LogP contribution >= 0.6 is 0 Å². The highest BCUT2D eigenvalue weighted by Crippen LogP contribution is 2.36. The van der Waals surface area contributed by atoms with Gasteiger partial charge in [0.15, 0.2) is 0 Å². The number of hydrogen-bond donors (Lipinski definition) is 1. The molecule has 2 unspecified atom stereocenters. The zero-order valence-electron chi connectivity index (χ0n) is 7.62. The Morgan fingerprint density at radius 2 is 2.33 bits per heavy atom. The maximum absolute atomic E-state index is 5.91. The molecule has 12 heavy (non-hydrogen) atoms. The van der Waals surface area contributed by atoms with Gasteiger partial charge in [-0.2, -0.15) is 5.10 Å². The Bertz CT molecular complexity index is 270. The Labute approximate surface area is 72.6 Å². The number of aromatic nitrogens is 2. The summed E-state index contributed by atoms with van der Waals surface area (Å²) in [5, 5.41) is 4.21. The van der Waals surface area contributed by atoms with Gasteiger partial charge in [-0.1, -0.05) is 0 Å². The van der Waals surface area contributed by atoms with Crippen LogP contribution in [0.1, 0.15) is 30.0 Å². The van der Waals surface area contributed by atoms with Crippen LogP contribution in [0.25, 0.3) is 0 Å². The highest BCUT2D eigenvalue weighted by atomic mass is 15.3. The first-order valence-corrected chi connectivity index (χ1v) is 4.44. The second-order valence-electron chi connectivity index (χ2n) is 3.68. The second-order valence-corrected chi connectivity index (χ2v) is 3.68. The van der Waals surface area contributed by atoms with Crippen LogP contribution in [-0.4, -0.2) is 15.8 Å². The smallest absolute Gasteiger partial charge is 0.0521 e. The quantitative estimate of drug-likeness (QED) is 0.673. The first kappa shape index (κ1) is 7.80. The number of aryl methyl sites for hydroxylation is 2. The molecular weight excluding hydrogens is 150 g/mol. The van der Waals surface area contributed by atoms with Gasteiger partial charge >= 0.3 is 0 Å². The molecule has 3 nitrogen and oxygen atoms in total. The lowest BCUT2D eigenvalue weighted by Gasteiger charge is -2.34. The van der Waals surface area contributed by atoms with Crippen molar-refractivity contribution in [2.75, 3.05) is 0 Å². The van der Waals surface area contributed by atoms with Crippen LogP contribution in [0.4, 0.5) is 0 Å². The van der Waals surface area contributed by atoms with Gasteiger partial charge in [-0.05, 0) is 25.3 Å². The molecule has 2 atom stereocenters. The molecule has 0 spiro atoms. The van der Waals surface area contributed by atoms with Crippen molar-refractivity contribution in [1.29, 1.82) is 0 Å². The molecule has 0 aliphatic heterocycles. The van der Waals surface area contributed by atoms with E-state index in [-0.39, 0.29) is 0 Å². The molecule has 1 aliphatic rings. The predicted octanol–water partition coefficient (Wildman–Crippen LogP) is 0.933. The minimum Gasteiger partial charge on any atom is -0.327 e. The van der Waals surface area contributed by atoms with E-state index in [0.29, 0.717) is 12.0 Å². The van der Waals surface area contributed by atoms with Crippen molar-refractivity contribution in [2.45, 2.75) is 31.7 Å². The summed E-state index contributed by atoms with van der Waals surface area (Å²) in [6.45, 7) is 2.10. The molecule has 0 amide bonds. The molecule has 1 fully saturated rings. The normalized spacial score (nSPS) is 28.6. The number of hydrogen-bond acceptors (Lipinski definition) is 2. The Hall–Kier alpha value is -0.830. The monoisotopic (exact) mass is 165 g/mol. The van der Waals surface area contributed by atoms with Crippen molar-refractivity contribution in [3.8, 4) is 0 Å². The van der Waals surface area contributed by atoms with Crippen LogP contribution in [0, 0.1) is 6.92 Å². The van der Waals surface area contributed by atoms with Gasteiger partial charge in [-0.25, -0.2) is 0 Å². The minimum absolute atomic E-state index is 0.360. The third kappa shape index (κ3) is 0.966. The summed E-state index contributed by atoms with van der Waals surface area (Å²) >= 11 is 0. The zero-order chi connectivity index (χ0) is 8.72. The SMILES string of the molecule is Cc1cnn(C)c1C1CCC1N. The number of nitrogens with two attached hydrogens (primary N) is 1. The highest BCUT2D eigenvalue weighted by Gasteiger charge is 2.31. The van der Waals surface area contributed by atoms with Crippen LogP contribution in [0.5, 0.6) is 0 Å². The molecule has 1 aromatic heterocycles. The molecule has 0 aromatic carbocycles. The summed E-state index contributed by atoms with van der Waals surface area (Å²) in [7, 11) is 1.99. The van der Waals surface area contributed by atoms with Gasteiger partial charge in [0, 0.05) is 24.7 Å². The van der Waals surface area contributed by atoms with E-state index in [9.17, 15) is 0 Å². The molecule has 1 aliphatic carbocycles. The van der Waals surface area contributed by atoms with Gasteiger partial charge in [0.2, 0.25) is 0 Å². The zero-order valence-corrected chi connectivity index (χ0v) is 7.62. The molecule has 0 saturated heterocycles. The van der Waals surface area contributed by atoms with E-state index in [1.807, 2.05) is 17.9 Å². The van der Waals surface area contributed by atoms with E-state index in [0.717, 1.165) is 6.42 Å². The summed E-state index contributed by atoms with van der Waals surface area (Å²) in [6.07, 6.45) is 4.30. The summed E-state index contributed by atoms with van der Waals surface area (Å²) in [4.78, 5) is 0. The topological polar surface area (TPSA) is 43.8 Å². The van der Waals surface area contributed by atoms with Crippen LogP contribution in [0.15, 0.2) is 6.20 Å². The minimum atomic E-state index is 0.360. The average molecular weight is 165 g/mol. The Balaban J connectivity index is 2.32. The van der Waals surface area contributed by atoms with Gasteiger partial charge in [-0.15, -0.1) is 0 Å². The third-order valence-corrected chi connectivity index (χ3v) is 2.86. The maximum Gasteiger partial charge on any atom is 0.0521 e. The fourth-order valence-corrected chi connectivity index (χ4v) is 1.95. The van der Waals surface area contributed by atoms with Crippen molar-refractivity contribution >= 4 is 0 Å². The third-order valence-electron chi connectivity index (χ3n) is 2.86. The molecule has 66 valence electrons. The lowest BCUT2D eigenvalue weighted by atomic mass is 9.77. The van der Waals surface area contributed by atoms with E-state index in [2.05, 4.69) is 12.0 Å². The van der Waals surface area contributed by atoms with Gasteiger partial charge < -0.3 is 5.73 Å². The molecule has 2 N–H and O–H groups in total. The number of rotatable bonds is 1. The summed E-state index contributed by atoms with van der Waals surface area (Å²) in [5.41, 5.74) is 8.51. The van der Waals surface area contributed by atoms with Crippen molar-refractivity contribution in [3.05, 3.63) is 17.5 Å². The molecule has 0 bridgehead atoms.